The van der Waals surface area contributed by atoms with Crippen LogP contribution in [0.3, 0.4) is 0 Å². The lowest BCUT2D eigenvalue weighted by Crippen LogP contribution is -2.15. The number of nitrogen functional groups attached to an aromatic ring is 1. The fourth-order valence-corrected chi connectivity index (χ4v) is 0.567. The van der Waals surface area contributed by atoms with E-state index in [0.717, 1.165) is 4.68 Å². The molecule has 0 spiro atoms. The van der Waals surface area contributed by atoms with Gasteiger partial charge in [-0.2, -0.15) is 0 Å². The second-order valence-corrected chi connectivity index (χ2v) is 1.68. The molecule has 0 radical (unpaired) electrons. The molecule has 1 aromatic rings. The molecule has 2 N–H and O–H groups in total. The van der Waals surface area contributed by atoms with Gasteiger partial charge in [0.2, 0.25) is 0 Å². The summed E-state index contributed by atoms with van der Waals surface area (Å²) in [6.07, 6.45) is 2.66. The predicted molar refractivity (Wildman–Crippen MR) is 33.7 cm³/mol. The highest BCUT2D eigenvalue weighted by Gasteiger charge is 2.08. The van der Waals surface area contributed by atoms with E-state index in [1.165, 1.54) is 19.6 Å². The minimum absolute atomic E-state index is 0.238. The summed E-state index contributed by atoms with van der Waals surface area (Å²) in [5.41, 5.74) is 0.238. The van der Waals surface area contributed by atoms with E-state index in [0.29, 0.717) is 0 Å². The first-order chi connectivity index (χ1) is 4.75. The molecule has 0 amide bonds. The van der Waals surface area contributed by atoms with Gasteiger partial charge in [-0.05, 0) is 0 Å². The van der Waals surface area contributed by atoms with Crippen molar-refractivity contribution in [2.45, 2.75) is 0 Å². The van der Waals surface area contributed by atoms with Crippen molar-refractivity contribution in [1.29, 1.82) is 0 Å². The third-order valence-corrected chi connectivity index (χ3v) is 1.06. The molecule has 0 fully saturated rings. The molecule has 0 aliphatic carbocycles. The lowest BCUT2D eigenvalue weighted by Gasteiger charge is -1.96. The van der Waals surface area contributed by atoms with Crippen LogP contribution in [0.25, 0.3) is 0 Å². The van der Waals surface area contributed by atoms with Crippen LogP contribution in [0.2, 0.25) is 0 Å². The van der Waals surface area contributed by atoms with Crippen molar-refractivity contribution >= 4 is 5.97 Å². The van der Waals surface area contributed by atoms with Crippen molar-refractivity contribution < 1.29 is 9.53 Å². The number of hydrogen-bond acceptors (Lipinski definition) is 4. The number of nitrogens with zero attached hydrogens (tertiary/aromatic N) is 2. The summed E-state index contributed by atoms with van der Waals surface area (Å²) in [6.45, 7) is 0. The molecule has 0 unspecified atom stereocenters. The SMILES string of the molecule is COC(=O)c1cncn1N. The number of nitrogens with two attached hydrogens (primary N) is 1. The highest BCUT2D eigenvalue weighted by molar-refractivity contribution is 5.87. The van der Waals surface area contributed by atoms with Crippen LogP contribution in [0.4, 0.5) is 0 Å². The van der Waals surface area contributed by atoms with E-state index in [2.05, 4.69) is 9.72 Å². The van der Waals surface area contributed by atoms with Crippen molar-refractivity contribution in [3.63, 3.8) is 0 Å². The Bertz CT molecular complexity index is 243. The summed E-state index contributed by atoms with van der Waals surface area (Å²) in [6, 6.07) is 0. The molecule has 1 rings (SSSR count). The van der Waals surface area contributed by atoms with Crippen LogP contribution in [-0.2, 0) is 4.74 Å². The Morgan fingerprint density at radius 2 is 2.60 bits per heavy atom. The van der Waals surface area contributed by atoms with E-state index < -0.39 is 5.97 Å². The number of aromatic nitrogens is 2. The number of carbonyl (C=O) groups is 1. The number of esters is 1. The van der Waals surface area contributed by atoms with Crippen LogP contribution in [0.15, 0.2) is 12.5 Å². The molecule has 10 heavy (non-hydrogen) atoms. The van der Waals surface area contributed by atoms with Gasteiger partial charge in [0.05, 0.1) is 13.3 Å². The highest BCUT2D eigenvalue weighted by Crippen LogP contribution is 1.94. The van der Waals surface area contributed by atoms with Crippen LogP contribution >= 0.6 is 0 Å². The minimum atomic E-state index is -0.486. The third-order valence-electron chi connectivity index (χ3n) is 1.06. The monoisotopic (exact) mass is 141 g/mol. The van der Waals surface area contributed by atoms with E-state index in [1.807, 2.05) is 0 Å². The minimum Gasteiger partial charge on any atom is -0.464 e. The van der Waals surface area contributed by atoms with Gasteiger partial charge in [0, 0.05) is 0 Å². The van der Waals surface area contributed by atoms with Crippen molar-refractivity contribution in [2.75, 3.05) is 13.0 Å². The van der Waals surface area contributed by atoms with E-state index in [4.69, 9.17) is 5.84 Å². The Labute approximate surface area is 57.4 Å². The van der Waals surface area contributed by atoms with Crippen LogP contribution in [0.1, 0.15) is 10.5 Å². The molecule has 0 aliphatic rings. The van der Waals surface area contributed by atoms with E-state index >= 15 is 0 Å². The second kappa shape index (κ2) is 2.38. The maximum Gasteiger partial charge on any atom is 0.358 e. The zero-order valence-corrected chi connectivity index (χ0v) is 5.44. The maximum atomic E-state index is 10.7. The Morgan fingerprint density at radius 3 is 3.00 bits per heavy atom. The smallest absolute Gasteiger partial charge is 0.358 e. The lowest BCUT2D eigenvalue weighted by atomic mass is 10.5. The number of rotatable bonds is 1. The summed E-state index contributed by atoms with van der Waals surface area (Å²) < 4.78 is 5.50. The molecule has 5 nitrogen and oxygen atoms in total. The molecule has 0 saturated heterocycles. The lowest BCUT2D eigenvalue weighted by molar-refractivity contribution is 0.0591. The van der Waals surface area contributed by atoms with Crippen LogP contribution in [0.5, 0.6) is 0 Å². The Balaban J connectivity index is 2.93. The predicted octanol–water partition coefficient (Wildman–Crippen LogP) is -0.617. The molecule has 0 aliphatic heterocycles. The van der Waals surface area contributed by atoms with Crippen molar-refractivity contribution in [3.8, 4) is 0 Å². The number of ether oxygens (including phenoxy) is 1. The van der Waals surface area contributed by atoms with E-state index in [9.17, 15) is 4.79 Å². The van der Waals surface area contributed by atoms with Gasteiger partial charge in [0.25, 0.3) is 0 Å². The zero-order chi connectivity index (χ0) is 7.56. The van der Waals surface area contributed by atoms with Gasteiger partial charge < -0.3 is 10.6 Å². The van der Waals surface area contributed by atoms with E-state index in [1.54, 1.807) is 0 Å². The van der Waals surface area contributed by atoms with Crippen molar-refractivity contribution in [2.24, 2.45) is 0 Å². The molecule has 1 aromatic heterocycles. The van der Waals surface area contributed by atoms with Crippen molar-refractivity contribution in [1.82, 2.24) is 9.66 Å². The number of carbonyl (C=O) groups excluding carboxylic acids is 1. The summed E-state index contributed by atoms with van der Waals surface area (Å²) in [5.74, 6) is 4.78. The van der Waals surface area contributed by atoms with Gasteiger partial charge >= 0.3 is 5.97 Å². The topological polar surface area (TPSA) is 70.1 Å². The quantitative estimate of drug-likeness (QED) is 0.418. The fourth-order valence-electron chi connectivity index (χ4n) is 0.567. The molecule has 0 bridgehead atoms. The van der Waals surface area contributed by atoms with Crippen LogP contribution in [-0.4, -0.2) is 22.7 Å². The number of imidazole rings is 1. The normalized spacial score (nSPS) is 9.30. The van der Waals surface area contributed by atoms with Gasteiger partial charge in [-0.3, -0.25) is 0 Å². The van der Waals surface area contributed by atoms with Gasteiger partial charge in [-0.15, -0.1) is 0 Å². The largest absolute Gasteiger partial charge is 0.464 e. The molecule has 54 valence electrons. The average Bonchev–Trinajstić information content (AvgIpc) is 2.34. The van der Waals surface area contributed by atoms with E-state index in [-0.39, 0.29) is 5.69 Å². The van der Waals surface area contributed by atoms with Gasteiger partial charge in [-0.25, -0.2) is 14.5 Å². The Kier molecular flexibility index (Phi) is 1.57. The first-order valence-electron chi connectivity index (χ1n) is 2.61. The number of methoxy groups -OCH3 is 1. The Hall–Kier alpha value is -1.52. The van der Waals surface area contributed by atoms with Crippen molar-refractivity contribution in [3.05, 3.63) is 18.2 Å². The number of hydrogen-bond donors (Lipinski definition) is 1. The van der Waals surface area contributed by atoms with Crippen LogP contribution < -0.4 is 5.84 Å². The average molecular weight is 141 g/mol. The first-order valence-corrected chi connectivity index (χ1v) is 2.61. The van der Waals surface area contributed by atoms with Crippen LogP contribution in [0, 0.1) is 0 Å². The standard InChI is InChI=1S/C5H7N3O2/c1-10-5(9)4-2-7-3-8(4)6/h2-3H,6H2,1H3. The van der Waals surface area contributed by atoms with Gasteiger partial charge in [0.15, 0.2) is 5.69 Å². The molecular weight excluding hydrogens is 134 g/mol. The highest BCUT2D eigenvalue weighted by atomic mass is 16.5. The summed E-state index contributed by atoms with van der Waals surface area (Å²) >= 11 is 0. The van der Waals surface area contributed by atoms with Gasteiger partial charge in [0.1, 0.15) is 6.33 Å². The zero-order valence-electron chi connectivity index (χ0n) is 5.44. The molecule has 0 aromatic carbocycles. The molecule has 5 heteroatoms. The Morgan fingerprint density at radius 1 is 1.90 bits per heavy atom. The third kappa shape index (κ3) is 0.928. The summed E-state index contributed by atoms with van der Waals surface area (Å²) in [5, 5.41) is 0. The maximum absolute atomic E-state index is 10.7. The second-order valence-electron chi connectivity index (χ2n) is 1.68. The molecular formula is C5H7N3O2. The van der Waals surface area contributed by atoms with Gasteiger partial charge in [-0.1, -0.05) is 0 Å². The molecule has 1 heterocycles. The molecule has 0 saturated carbocycles. The summed E-state index contributed by atoms with van der Waals surface area (Å²) in [7, 11) is 1.29. The summed E-state index contributed by atoms with van der Waals surface area (Å²) in [4.78, 5) is 14.4. The fraction of sp³-hybridized carbons (Fsp3) is 0.200. The first kappa shape index (κ1) is 6.60. The molecule has 0 atom stereocenters.